The molecule has 0 aliphatic heterocycles. The minimum absolute atomic E-state index is 0.0551. The Kier molecular flexibility index (Phi) is 10.4. The molecule has 8 nitrogen and oxygen atoms in total. The van der Waals surface area contributed by atoms with Crippen LogP contribution in [0, 0.1) is 0 Å². The highest BCUT2D eigenvalue weighted by atomic mass is 35.5. The summed E-state index contributed by atoms with van der Waals surface area (Å²) in [5.74, 6) is -0.872. The number of carbonyl (C=O) groups excluding carboxylic acids is 3. The summed E-state index contributed by atoms with van der Waals surface area (Å²) < 4.78 is 13.6. The van der Waals surface area contributed by atoms with Gasteiger partial charge in [-0.1, -0.05) is 22.9 Å². The lowest BCUT2D eigenvalue weighted by Gasteiger charge is -2.12. The fourth-order valence-electron chi connectivity index (χ4n) is 4.25. The number of benzene rings is 1. The van der Waals surface area contributed by atoms with Crippen LogP contribution in [-0.2, 0) is 38.4 Å². The van der Waals surface area contributed by atoms with Crippen LogP contribution in [-0.4, -0.2) is 53.7 Å². The Morgan fingerprint density at radius 1 is 1.13 bits per heavy atom. The highest BCUT2D eigenvalue weighted by molar-refractivity contribution is 8.00. The molecule has 0 saturated heterocycles. The Hall–Kier alpha value is -2.18. The Balaban J connectivity index is 1.41. The number of thiophene rings is 1. The SMILES string of the molecule is CCOCCn1c(=NC(=O)CSCC(=O)Nc2sc3c(c2C(=O)OCC)CCCC3)sc2cc(Cl)ccc21. The third kappa shape index (κ3) is 7.06. The Labute approximate surface area is 238 Å². The third-order valence-electron chi connectivity index (χ3n) is 5.89. The van der Waals surface area contributed by atoms with Gasteiger partial charge in [0.2, 0.25) is 5.91 Å². The van der Waals surface area contributed by atoms with E-state index in [1.54, 1.807) is 6.92 Å². The van der Waals surface area contributed by atoms with Gasteiger partial charge >= 0.3 is 5.97 Å². The Morgan fingerprint density at radius 3 is 2.74 bits per heavy atom. The van der Waals surface area contributed by atoms with Gasteiger partial charge in [-0.2, -0.15) is 4.99 Å². The molecule has 2 aromatic heterocycles. The molecule has 0 fully saturated rings. The number of fused-ring (bicyclic) bond motifs is 2. The molecule has 3 aromatic rings. The number of aromatic nitrogens is 1. The van der Waals surface area contributed by atoms with Crippen molar-refractivity contribution in [1.29, 1.82) is 0 Å². The fourth-order valence-corrected chi connectivity index (χ4v) is 7.50. The summed E-state index contributed by atoms with van der Waals surface area (Å²) in [5, 5.41) is 4.04. The van der Waals surface area contributed by atoms with E-state index in [0.717, 1.165) is 46.3 Å². The number of hydrogen-bond acceptors (Lipinski definition) is 8. The van der Waals surface area contributed by atoms with E-state index >= 15 is 0 Å². The molecule has 2 amide bonds. The van der Waals surface area contributed by atoms with Crippen molar-refractivity contribution in [2.45, 2.75) is 46.1 Å². The van der Waals surface area contributed by atoms with E-state index in [1.807, 2.05) is 29.7 Å². The molecule has 1 aromatic carbocycles. The van der Waals surface area contributed by atoms with Crippen LogP contribution >= 0.6 is 46.0 Å². The van der Waals surface area contributed by atoms with Crippen LogP contribution < -0.4 is 10.1 Å². The van der Waals surface area contributed by atoms with Crippen LogP contribution in [0.3, 0.4) is 0 Å². The van der Waals surface area contributed by atoms with Gasteiger partial charge in [-0.05, 0) is 63.3 Å². The molecular weight excluding hydrogens is 566 g/mol. The highest BCUT2D eigenvalue weighted by Gasteiger charge is 2.27. The van der Waals surface area contributed by atoms with Crippen molar-refractivity contribution < 1.29 is 23.9 Å². The molecule has 1 N–H and O–H groups in total. The summed E-state index contributed by atoms with van der Waals surface area (Å²) in [4.78, 5) is 44.0. The molecule has 0 unspecified atom stereocenters. The number of anilines is 1. The first-order valence-corrected chi connectivity index (χ1v) is 15.7. The monoisotopic (exact) mass is 595 g/mol. The standard InChI is InChI=1S/C26H30ClN3O5S3/c1-3-34-12-11-30-18-10-9-16(27)13-20(18)38-26(30)29-22(32)15-36-14-21(31)28-24-23(25(33)35-4-2)17-7-5-6-8-19(17)37-24/h9-10,13H,3-8,11-12,14-15H2,1-2H3,(H,28,31). The summed E-state index contributed by atoms with van der Waals surface area (Å²) in [6.45, 7) is 5.64. The molecule has 1 aliphatic rings. The number of amides is 2. The molecule has 204 valence electrons. The summed E-state index contributed by atoms with van der Waals surface area (Å²) in [6.07, 6.45) is 3.81. The van der Waals surface area contributed by atoms with E-state index in [2.05, 4.69) is 10.3 Å². The zero-order chi connectivity index (χ0) is 27.1. The van der Waals surface area contributed by atoms with E-state index in [1.165, 1.54) is 34.4 Å². The number of carbonyl (C=O) groups is 3. The van der Waals surface area contributed by atoms with Crippen LogP contribution in [0.5, 0.6) is 0 Å². The van der Waals surface area contributed by atoms with Gasteiger partial charge in [0.25, 0.3) is 5.91 Å². The molecule has 38 heavy (non-hydrogen) atoms. The molecule has 0 spiro atoms. The molecule has 12 heteroatoms. The van der Waals surface area contributed by atoms with E-state index in [-0.39, 0.29) is 29.9 Å². The number of nitrogens with zero attached hydrogens (tertiary/aromatic N) is 2. The van der Waals surface area contributed by atoms with Crippen molar-refractivity contribution in [3.63, 3.8) is 0 Å². The summed E-state index contributed by atoms with van der Waals surface area (Å²) >= 11 is 10.2. The van der Waals surface area contributed by atoms with Gasteiger partial charge in [0.05, 0.1) is 40.5 Å². The predicted molar refractivity (Wildman–Crippen MR) is 155 cm³/mol. The number of thioether (sulfide) groups is 1. The number of ether oxygens (including phenoxy) is 2. The minimum Gasteiger partial charge on any atom is -0.462 e. The third-order valence-corrected chi connectivity index (χ3v) is 9.29. The molecule has 0 saturated carbocycles. The number of nitrogens with one attached hydrogen (secondary N) is 1. The van der Waals surface area contributed by atoms with Crippen LogP contribution in [0.4, 0.5) is 5.00 Å². The number of rotatable bonds is 11. The average molecular weight is 596 g/mol. The first-order valence-electron chi connectivity index (χ1n) is 12.5. The summed E-state index contributed by atoms with van der Waals surface area (Å²) in [7, 11) is 0. The summed E-state index contributed by atoms with van der Waals surface area (Å²) in [5.41, 5.74) is 2.42. The average Bonchev–Trinajstić information content (AvgIpc) is 3.41. The number of thiazole rings is 1. The molecule has 4 rings (SSSR count). The van der Waals surface area contributed by atoms with E-state index in [9.17, 15) is 14.4 Å². The van der Waals surface area contributed by atoms with Gasteiger partial charge in [0.1, 0.15) is 5.00 Å². The Bertz CT molecular complexity index is 1390. The van der Waals surface area contributed by atoms with Crippen molar-refractivity contribution in [2.75, 3.05) is 36.6 Å². The number of aryl methyl sites for hydroxylation is 1. The highest BCUT2D eigenvalue weighted by Crippen LogP contribution is 2.38. The smallest absolute Gasteiger partial charge is 0.341 e. The van der Waals surface area contributed by atoms with E-state index in [4.69, 9.17) is 21.1 Å². The maximum Gasteiger partial charge on any atom is 0.341 e. The van der Waals surface area contributed by atoms with Gasteiger partial charge in [-0.25, -0.2) is 4.79 Å². The molecule has 0 bridgehead atoms. The lowest BCUT2D eigenvalue weighted by molar-refractivity contribution is -0.115. The normalized spacial score (nSPS) is 13.5. The second-order valence-corrected chi connectivity index (χ2v) is 12.1. The maximum absolute atomic E-state index is 12.7. The second kappa shape index (κ2) is 13.7. The van der Waals surface area contributed by atoms with Crippen molar-refractivity contribution >= 4 is 79.0 Å². The Morgan fingerprint density at radius 2 is 1.95 bits per heavy atom. The van der Waals surface area contributed by atoms with Crippen molar-refractivity contribution in [2.24, 2.45) is 4.99 Å². The zero-order valence-corrected chi connectivity index (χ0v) is 24.5. The molecule has 0 atom stereocenters. The van der Waals surface area contributed by atoms with E-state index in [0.29, 0.717) is 40.1 Å². The molecule has 0 radical (unpaired) electrons. The minimum atomic E-state index is -0.397. The van der Waals surface area contributed by atoms with Crippen molar-refractivity contribution in [1.82, 2.24) is 4.57 Å². The largest absolute Gasteiger partial charge is 0.462 e. The van der Waals surface area contributed by atoms with Gasteiger partial charge in [-0.15, -0.1) is 23.1 Å². The fraction of sp³-hybridized carbons (Fsp3) is 0.462. The van der Waals surface area contributed by atoms with Crippen LogP contribution in [0.25, 0.3) is 10.2 Å². The molecule has 1 aliphatic carbocycles. The van der Waals surface area contributed by atoms with E-state index < -0.39 is 5.97 Å². The topological polar surface area (TPSA) is 99.0 Å². The predicted octanol–water partition coefficient (Wildman–Crippen LogP) is 5.31. The second-order valence-electron chi connectivity index (χ2n) is 8.53. The first-order chi connectivity index (χ1) is 18.4. The van der Waals surface area contributed by atoms with Gasteiger partial charge in [0.15, 0.2) is 4.80 Å². The molecular formula is C26H30ClN3O5S3. The number of hydrogen-bond donors (Lipinski definition) is 1. The quantitative estimate of drug-likeness (QED) is 0.238. The molecule has 2 heterocycles. The van der Waals surface area contributed by atoms with Crippen molar-refractivity contribution in [3.05, 3.63) is 44.0 Å². The van der Waals surface area contributed by atoms with Crippen molar-refractivity contribution in [3.8, 4) is 0 Å². The number of esters is 1. The zero-order valence-electron chi connectivity index (χ0n) is 21.3. The lowest BCUT2D eigenvalue weighted by Crippen LogP contribution is -2.21. The van der Waals surface area contributed by atoms with Crippen LogP contribution in [0.1, 0.15) is 47.5 Å². The number of halogens is 1. The lowest BCUT2D eigenvalue weighted by atomic mass is 9.95. The first kappa shape index (κ1) is 28.8. The van der Waals surface area contributed by atoms with Gasteiger partial charge in [-0.3, -0.25) is 9.59 Å². The van der Waals surface area contributed by atoms with Crippen LogP contribution in [0.2, 0.25) is 5.02 Å². The van der Waals surface area contributed by atoms with Gasteiger partial charge in [0, 0.05) is 23.1 Å². The maximum atomic E-state index is 12.7. The summed E-state index contributed by atoms with van der Waals surface area (Å²) in [6, 6.07) is 5.58. The van der Waals surface area contributed by atoms with Crippen LogP contribution in [0.15, 0.2) is 23.2 Å². The van der Waals surface area contributed by atoms with Gasteiger partial charge < -0.3 is 19.4 Å².